The molecule has 7 heteroatoms. The molecule has 25 heavy (non-hydrogen) atoms. The summed E-state index contributed by atoms with van der Waals surface area (Å²) in [5.41, 5.74) is 0.400. The second kappa shape index (κ2) is 9.42. The molecule has 0 aliphatic heterocycles. The van der Waals surface area contributed by atoms with Crippen molar-refractivity contribution >= 4 is 29.4 Å². The van der Waals surface area contributed by atoms with E-state index in [1.165, 1.54) is 6.92 Å². The van der Waals surface area contributed by atoms with Crippen LogP contribution in [0, 0.1) is 11.8 Å². The minimum Gasteiger partial charge on any atom is -0.481 e. The summed E-state index contributed by atoms with van der Waals surface area (Å²) in [5.74, 6) is -2.59. The van der Waals surface area contributed by atoms with Crippen molar-refractivity contribution in [2.75, 3.05) is 0 Å². The Morgan fingerprint density at radius 1 is 1.08 bits per heavy atom. The van der Waals surface area contributed by atoms with E-state index in [-0.39, 0.29) is 11.8 Å². The molecule has 0 aliphatic carbocycles. The van der Waals surface area contributed by atoms with Crippen LogP contribution < -0.4 is 10.6 Å². The Hall–Kier alpha value is -2.08. The maximum Gasteiger partial charge on any atom is 0.308 e. The Morgan fingerprint density at radius 3 is 2.12 bits per heavy atom. The molecule has 0 fully saturated rings. The molecule has 0 aliphatic rings. The summed E-state index contributed by atoms with van der Waals surface area (Å²) in [5, 5.41) is 15.0. The molecule has 0 bridgehead atoms. The van der Waals surface area contributed by atoms with Crippen LogP contribution in [0.5, 0.6) is 0 Å². The minimum absolute atomic E-state index is 0.108. The van der Waals surface area contributed by atoms with Crippen LogP contribution in [0.3, 0.4) is 0 Å². The van der Waals surface area contributed by atoms with Crippen molar-refractivity contribution in [3.05, 3.63) is 34.9 Å². The number of carboxylic acid groups (broad SMARTS) is 1. The van der Waals surface area contributed by atoms with Crippen LogP contribution in [-0.2, 0) is 9.59 Å². The number of carbonyl (C=O) groups is 3. The van der Waals surface area contributed by atoms with Gasteiger partial charge in [0.1, 0.15) is 6.04 Å². The lowest BCUT2D eigenvalue weighted by Crippen LogP contribution is -2.53. The Balaban J connectivity index is 2.86. The van der Waals surface area contributed by atoms with E-state index in [1.807, 2.05) is 13.8 Å². The molecule has 2 amide bonds. The first-order valence-electron chi connectivity index (χ1n) is 8.27. The average molecular weight is 369 g/mol. The first-order valence-corrected chi connectivity index (χ1v) is 8.64. The van der Waals surface area contributed by atoms with E-state index in [0.29, 0.717) is 17.0 Å². The van der Waals surface area contributed by atoms with Gasteiger partial charge in [-0.3, -0.25) is 14.4 Å². The van der Waals surface area contributed by atoms with Gasteiger partial charge >= 0.3 is 5.97 Å². The van der Waals surface area contributed by atoms with Gasteiger partial charge < -0.3 is 15.7 Å². The molecule has 6 nitrogen and oxygen atoms in total. The number of rotatable bonds is 8. The fourth-order valence-corrected chi connectivity index (χ4v) is 2.31. The predicted molar refractivity (Wildman–Crippen MR) is 96.6 cm³/mol. The average Bonchev–Trinajstić information content (AvgIpc) is 2.58. The summed E-state index contributed by atoms with van der Waals surface area (Å²) in [7, 11) is 0. The van der Waals surface area contributed by atoms with Gasteiger partial charge in [-0.15, -0.1) is 0 Å². The van der Waals surface area contributed by atoms with Gasteiger partial charge in [-0.2, -0.15) is 0 Å². The molecule has 1 rings (SSSR count). The van der Waals surface area contributed by atoms with E-state index in [4.69, 9.17) is 16.7 Å². The lowest BCUT2D eigenvalue weighted by molar-refractivity contribution is -0.142. The van der Waals surface area contributed by atoms with Crippen LogP contribution >= 0.6 is 11.6 Å². The first kappa shape index (κ1) is 21.0. The zero-order valence-electron chi connectivity index (χ0n) is 14.9. The minimum atomic E-state index is -0.988. The molecule has 0 saturated heterocycles. The molecule has 0 heterocycles. The SMILES string of the molecule is CCC(C)C(NC(=O)c1ccc(Cl)cc1)C(=O)NC(C)C(C)C(=O)O. The molecular weight excluding hydrogens is 344 g/mol. The van der Waals surface area contributed by atoms with Crippen LogP contribution in [0.2, 0.25) is 5.02 Å². The van der Waals surface area contributed by atoms with Gasteiger partial charge in [0.05, 0.1) is 5.92 Å². The van der Waals surface area contributed by atoms with E-state index in [9.17, 15) is 14.4 Å². The number of carboxylic acids is 1. The number of halogens is 1. The Labute approximate surface area is 152 Å². The number of nitrogens with one attached hydrogen (secondary N) is 2. The van der Waals surface area contributed by atoms with E-state index in [1.54, 1.807) is 31.2 Å². The molecule has 4 unspecified atom stereocenters. The standard InChI is InChI=1S/C18H25ClN2O4/c1-5-10(2)15(17(23)20-12(4)11(3)18(24)25)21-16(22)13-6-8-14(19)9-7-13/h6-12,15H,5H2,1-4H3,(H,20,23)(H,21,22)(H,24,25). The third-order valence-electron chi connectivity index (χ3n) is 4.40. The van der Waals surface area contributed by atoms with Crippen LogP contribution in [0.1, 0.15) is 44.5 Å². The number of benzene rings is 1. The molecule has 0 aromatic heterocycles. The zero-order chi connectivity index (χ0) is 19.1. The molecule has 1 aromatic rings. The maximum absolute atomic E-state index is 12.6. The fraction of sp³-hybridized carbons (Fsp3) is 0.500. The fourth-order valence-electron chi connectivity index (χ4n) is 2.18. The molecule has 0 radical (unpaired) electrons. The van der Waals surface area contributed by atoms with Crippen LogP contribution in [0.25, 0.3) is 0 Å². The first-order chi connectivity index (χ1) is 11.7. The van der Waals surface area contributed by atoms with Gasteiger partial charge in [-0.1, -0.05) is 31.9 Å². The van der Waals surface area contributed by atoms with E-state index in [2.05, 4.69) is 10.6 Å². The summed E-state index contributed by atoms with van der Waals surface area (Å²) in [6, 6.07) is 5.06. The van der Waals surface area contributed by atoms with Gasteiger partial charge in [0.25, 0.3) is 5.91 Å². The largest absolute Gasteiger partial charge is 0.481 e. The quantitative estimate of drug-likeness (QED) is 0.657. The van der Waals surface area contributed by atoms with Crippen molar-refractivity contribution in [2.24, 2.45) is 11.8 Å². The smallest absolute Gasteiger partial charge is 0.308 e. The Bertz CT molecular complexity index is 618. The Kier molecular flexibility index (Phi) is 7.90. The second-order valence-corrected chi connectivity index (χ2v) is 6.70. The summed E-state index contributed by atoms with van der Waals surface area (Å²) in [4.78, 5) is 36.0. The van der Waals surface area contributed by atoms with Gasteiger partial charge in [0.2, 0.25) is 5.91 Å². The summed E-state index contributed by atoms with van der Waals surface area (Å²) < 4.78 is 0. The normalized spacial score (nSPS) is 15.6. The highest BCUT2D eigenvalue weighted by Gasteiger charge is 2.29. The number of amides is 2. The number of aliphatic carboxylic acids is 1. The summed E-state index contributed by atoms with van der Waals surface area (Å²) >= 11 is 5.81. The topological polar surface area (TPSA) is 95.5 Å². The van der Waals surface area contributed by atoms with Crippen molar-refractivity contribution in [3.63, 3.8) is 0 Å². The van der Waals surface area contributed by atoms with Crippen molar-refractivity contribution in [2.45, 2.75) is 46.2 Å². The summed E-state index contributed by atoms with van der Waals surface area (Å²) in [6.07, 6.45) is 0.682. The molecule has 0 spiro atoms. The van der Waals surface area contributed by atoms with Gasteiger partial charge in [0, 0.05) is 16.6 Å². The number of hydrogen-bond donors (Lipinski definition) is 3. The maximum atomic E-state index is 12.6. The zero-order valence-corrected chi connectivity index (χ0v) is 15.6. The highest BCUT2D eigenvalue weighted by Crippen LogP contribution is 2.13. The molecule has 3 N–H and O–H groups in total. The van der Waals surface area contributed by atoms with Gasteiger partial charge in [-0.05, 0) is 44.0 Å². The van der Waals surface area contributed by atoms with Crippen LogP contribution in [-0.4, -0.2) is 35.0 Å². The van der Waals surface area contributed by atoms with Gasteiger partial charge in [0.15, 0.2) is 0 Å². The predicted octanol–water partition coefficient (Wildman–Crippen LogP) is 2.71. The Morgan fingerprint density at radius 2 is 1.64 bits per heavy atom. The van der Waals surface area contributed by atoms with Gasteiger partial charge in [-0.25, -0.2) is 0 Å². The molecule has 0 saturated carbocycles. The van der Waals surface area contributed by atoms with Crippen molar-refractivity contribution in [1.29, 1.82) is 0 Å². The number of carbonyl (C=O) groups excluding carboxylic acids is 2. The molecule has 4 atom stereocenters. The molecule has 138 valence electrons. The highest BCUT2D eigenvalue weighted by atomic mass is 35.5. The van der Waals surface area contributed by atoms with E-state index in [0.717, 1.165) is 0 Å². The second-order valence-electron chi connectivity index (χ2n) is 6.27. The third kappa shape index (κ3) is 6.05. The van der Waals surface area contributed by atoms with E-state index >= 15 is 0 Å². The summed E-state index contributed by atoms with van der Waals surface area (Å²) in [6.45, 7) is 6.93. The lowest BCUT2D eigenvalue weighted by atomic mass is 9.96. The van der Waals surface area contributed by atoms with Crippen LogP contribution in [0.4, 0.5) is 0 Å². The monoisotopic (exact) mass is 368 g/mol. The van der Waals surface area contributed by atoms with Crippen molar-refractivity contribution < 1.29 is 19.5 Å². The van der Waals surface area contributed by atoms with E-state index < -0.39 is 29.9 Å². The molecular formula is C18H25ClN2O4. The third-order valence-corrected chi connectivity index (χ3v) is 4.65. The molecule has 1 aromatic carbocycles. The van der Waals surface area contributed by atoms with Crippen molar-refractivity contribution in [3.8, 4) is 0 Å². The lowest BCUT2D eigenvalue weighted by Gasteiger charge is -2.26. The van der Waals surface area contributed by atoms with Crippen LogP contribution in [0.15, 0.2) is 24.3 Å². The van der Waals surface area contributed by atoms with Crippen molar-refractivity contribution in [1.82, 2.24) is 10.6 Å². The highest BCUT2D eigenvalue weighted by molar-refractivity contribution is 6.30. The number of hydrogen-bond acceptors (Lipinski definition) is 3.